The lowest BCUT2D eigenvalue weighted by Gasteiger charge is -2.27. The number of fused-ring (bicyclic) bond motifs is 3. The fourth-order valence-electron chi connectivity index (χ4n) is 3.52. The molecular formula is C17H27N5O2S. The third-order valence-electron chi connectivity index (χ3n) is 4.61. The second-order valence-electron chi connectivity index (χ2n) is 7.25. The lowest BCUT2D eigenvalue weighted by molar-refractivity contribution is 0.389. The zero-order valence-electron chi connectivity index (χ0n) is 15.4. The van der Waals surface area contributed by atoms with Crippen LogP contribution in [0, 0.1) is 5.92 Å². The van der Waals surface area contributed by atoms with Gasteiger partial charge >= 0.3 is 0 Å². The van der Waals surface area contributed by atoms with E-state index in [1.165, 1.54) is 10.6 Å². The zero-order chi connectivity index (χ0) is 18.4. The molecule has 7 nitrogen and oxygen atoms in total. The predicted octanol–water partition coefficient (Wildman–Crippen LogP) is 1.94. The van der Waals surface area contributed by atoms with Crippen molar-refractivity contribution in [1.82, 2.24) is 18.8 Å². The molecule has 3 heterocycles. The molecule has 3 rings (SSSR count). The van der Waals surface area contributed by atoms with E-state index < -0.39 is 10.0 Å². The molecule has 8 heteroatoms. The number of nitrogen functional groups attached to an aromatic ring is 1. The molecule has 0 bridgehead atoms. The number of rotatable bonds is 5. The Labute approximate surface area is 149 Å². The van der Waals surface area contributed by atoms with Gasteiger partial charge in [0.05, 0.1) is 24.0 Å². The first-order valence-corrected chi connectivity index (χ1v) is 10.7. The summed E-state index contributed by atoms with van der Waals surface area (Å²) in [5.41, 5.74) is 9.85. The molecule has 0 spiro atoms. The smallest absolute Gasteiger partial charge is 0.211 e. The van der Waals surface area contributed by atoms with Gasteiger partial charge in [0.15, 0.2) is 5.82 Å². The minimum Gasteiger partial charge on any atom is -0.382 e. The van der Waals surface area contributed by atoms with Crippen molar-refractivity contribution in [1.29, 1.82) is 0 Å². The molecule has 0 aromatic carbocycles. The number of imidazole rings is 1. The van der Waals surface area contributed by atoms with Gasteiger partial charge in [-0.1, -0.05) is 20.8 Å². The van der Waals surface area contributed by atoms with Crippen molar-refractivity contribution >= 4 is 26.9 Å². The molecule has 0 saturated heterocycles. The highest BCUT2D eigenvalue weighted by molar-refractivity contribution is 7.88. The number of hydrogen-bond acceptors (Lipinski definition) is 5. The largest absolute Gasteiger partial charge is 0.382 e. The first-order valence-electron chi connectivity index (χ1n) is 8.83. The Morgan fingerprint density at radius 3 is 2.60 bits per heavy atom. The summed E-state index contributed by atoms with van der Waals surface area (Å²) in [7, 11) is -3.24. The Kier molecular flexibility index (Phi) is 4.76. The van der Waals surface area contributed by atoms with Gasteiger partial charge in [-0.15, -0.1) is 0 Å². The van der Waals surface area contributed by atoms with Gasteiger partial charge in [0, 0.05) is 25.1 Å². The van der Waals surface area contributed by atoms with Gasteiger partial charge in [0.1, 0.15) is 11.3 Å². The van der Waals surface area contributed by atoms with E-state index in [1.807, 2.05) is 0 Å². The van der Waals surface area contributed by atoms with Crippen LogP contribution in [0.15, 0.2) is 0 Å². The van der Waals surface area contributed by atoms with E-state index in [4.69, 9.17) is 10.7 Å². The van der Waals surface area contributed by atoms with E-state index >= 15 is 0 Å². The van der Waals surface area contributed by atoms with Gasteiger partial charge in [-0.25, -0.2) is 18.4 Å². The van der Waals surface area contributed by atoms with Crippen LogP contribution < -0.4 is 5.73 Å². The minimum atomic E-state index is -3.24. The summed E-state index contributed by atoms with van der Waals surface area (Å²) in [6.07, 6.45) is 3.79. The topological polar surface area (TPSA) is 94.1 Å². The Bertz CT molecular complexity index is 902. The SMILES string of the molecule is CCCc1nc2c(N)nc3c(c2n1CC(C)C)CCN(S(C)(=O)=O)C3. The maximum Gasteiger partial charge on any atom is 0.211 e. The monoisotopic (exact) mass is 365 g/mol. The van der Waals surface area contributed by atoms with Crippen LogP contribution in [0.5, 0.6) is 0 Å². The number of hydrogen-bond donors (Lipinski definition) is 1. The molecule has 0 fully saturated rings. The molecule has 2 aromatic heterocycles. The van der Waals surface area contributed by atoms with Crippen molar-refractivity contribution in [2.45, 2.75) is 53.1 Å². The molecule has 25 heavy (non-hydrogen) atoms. The summed E-state index contributed by atoms with van der Waals surface area (Å²) in [6.45, 7) is 8.14. The minimum absolute atomic E-state index is 0.282. The number of nitrogens with zero attached hydrogens (tertiary/aromatic N) is 4. The maximum absolute atomic E-state index is 11.9. The van der Waals surface area contributed by atoms with Crippen LogP contribution in [0.3, 0.4) is 0 Å². The second kappa shape index (κ2) is 6.57. The summed E-state index contributed by atoms with van der Waals surface area (Å²) < 4.78 is 27.5. The number of nitrogens with two attached hydrogens (primary N) is 1. The van der Waals surface area contributed by atoms with Crippen molar-refractivity contribution in [3.63, 3.8) is 0 Å². The van der Waals surface area contributed by atoms with Gasteiger partial charge in [0.2, 0.25) is 10.0 Å². The highest BCUT2D eigenvalue weighted by atomic mass is 32.2. The van der Waals surface area contributed by atoms with E-state index in [0.717, 1.165) is 47.5 Å². The van der Waals surface area contributed by atoms with Crippen LogP contribution in [-0.4, -0.2) is 40.1 Å². The molecule has 2 aromatic rings. The molecule has 0 saturated carbocycles. The predicted molar refractivity (Wildman–Crippen MR) is 99.7 cm³/mol. The van der Waals surface area contributed by atoms with E-state index in [1.54, 1.807) is 0 Å². The molecule has 138 valence electrons. The lowest BCUT2D eigenvalue weighted by atomic mass is 10.0. The summed E-state index contributed by atoms with van der Waals surface area (Å²) in [4.78, 5) is 9.27. The Hall–Kier alpha value is -1.67. The molecule has 0 amide bonds. The van der Waals surface area contributed by atoms with Crippen molar-refractivity contribution in [3.05, 3.63) is 17.1 Å². The zero-order valence-corrected chi connectivity index (χ0v) is 16.2. The third-order valence-corrected chi connectivity index (χ3v) is 5.86. The molecular weight excluding hydrogens is 338 g/mol. The van der Waals surface area contributed by atoms with Crippen molar-refractivity contribution in [3.8, 4) is 0 Å². The highest BCUT2D eigenvalue weighted by Gasteiger charge is 2.28. The maximum atomic E-state index is 11.9. The summed E-state index contributed by atoms with van der Waals surface area (Å²) in [5, 5.41) is 0. The van der Waals surface area contributed by atoms with Gasteiger partial charge in [-0.05, 0) is 18.8 Å². The van der Waals surface area contributed by atoms with E-state index in [2.05, 4.69) is 30.3 Å². The van der Waals surface area contributed by atoms with Crippen LogP contribution in [0.4, 0.5) is 5.82 Å². The quantitative estimate of drug-likeness (QED) is 0.874. The average molecular weight is 366 g/mol. The number of anilines is 1. The van der Waals surface area contributed by atoms with Gasteiger partial charge in [-0.3, -0.25) is 0 Å². The number of sulfonamides is 1. The first kappa shape index (κ1) is 18.1. The van der Waals surface area contributed by atoms with Crippen LogP contribution in [-0.2, 0) is 36.0 Å². The molecule has 1 aliphatic heterocycles. The number of aromatic nitrogens is 3. The van der Waals surface area contributed by atoms with Crippen molar-refractivity contribution in [2.75, 3.05) is 18.5 Å². The number of pyridine rings is 1. The molecule has 0 atom stereocenters. The molecule has 2 N–H and O–H groups in total. The van der Waals surface area contributed by atoms with Gasteiger partial charge in [0.25, 0.3) is 0 Å². The normalized spacial score (nSPS) is 15.9. The fraction of sp³-hybridized carbons (Fsp3) is 0.647. The molecule has 0 unspecified atom stereocenters. The second-order valence-corrected chi connectivity index (χ2v) is 9.23. The molecule has 1 aliphatic rings. The van der Waals surface area contributed by atoms with Crippen molar-refractivity contribution in [2.24, 2.45) is 5.92 Å². The van der Waals surface area contributed by atoms with Crippen LogP contribution >= 0.6 is 0 Å². The van der Waals surface area contributed by atoms with E-state index in [9.17, 15) is 8.42 Å². The van der Waals surface area contributed by atoms with E-state index in [0.29, 0.717) is 24.7 Å². The highest BCUT2D eigenvalue weighted by Crippen LogP contribution is 2.31. The summed E-state index contributed by atoms with van der Waals surface area (Å²) in [5.74, 6) is 1.91. The third kappa shape index (κ3) is 3.37. The first-order chi connectivity index (χ1) is 11.7. The standard InChI is InChI=1S/C17H27N5O2S/c1-5-6-14-20-15-16(22(14)9-11(2)3)12-7-8-21(25(4,23)24)10-13(12)19-17(15)18/h11H,5-10H2,1-4H3,(H2,18,19). The Balaban J connectivity index is 2.20. The van der Waals surface area contributed by atoms with Gasteiger partial charge in [-0.2, -0.15) is 4.31 Å². The van der Waals surface area contributed by atoms with Crippen molar-refractivity contribution < 1.29 is 8.42 Å². The molecule has 0 radical (unpaired) electrons. The van der Waals surface area contributed by atoms with Crippen LogP contribution in [0.2, 0.25) is 0 Å². The lowest BCUT2D eigenvalue weighted by Crippen LogP contribution is -2.36. The Morgan fingerprint density at radius 1 is 1.28 bits per heavy atom. The van der Waals surface area contributed by atoms with Gasteiger partial charge < -0.3 is 10.3 Å². The van der Waals surface area contributed by atoms with Crippen LogP contribution in [0.25, 0.3) is 11.0 Å². The summed E-state index contributed by atoms with van der Waals surface area (Å²) in [6, 6.07) is 0. The summed E-state index contributed by atoms with van der Waals surface area (Å²) >= 11 is 0. The van der Waals surface area contributed by atoms with Crippen LogP contribution in [0.1, 0.15) is 44.3 Å². The molecule has 0 aliphatic carbocycles. The number of aryl methyl sites for hydroxylation is 1. The average Bonchev–Trinajstić information content (AvgIpc) is 2.85. The Morgan fingerprint density at radius 2 is 2.00 bits per heavy atom. The van der Waals surface area contributed by atoms with E-state index in [-0.39, 0.29) is 6.54 Å². The fourth-order valence-corrected chi connectivity index (χ4v) is 4.30.